The molecule has 3 rings (SSSR count). The fraction of sp³-hybridized carbons (Fsp3) is 0.522. The predicted octanol–water partition coefficient (Wildman–Crippen LogP) is 3.15. The highest BCUT2D eigenvalue weighted by Crippen LogP contribution is 2.20. The second-order valence-electron chi connectivity index (χ2n) is 8.51. The number of amides is 2. The lowest BCUT2D eigenvalue weighted by molar-refractivity contribution is -0.118. The lowest BCUT2D eigenvalue weighted by Gasteiger charge is -2.34. The summed E-state index contributed by atoms with van der Waals surface area (Å²) in [5.74, 6) is -0.0125. The molecule has 2 aromatic rings. The van der Waals surface area contributed by atoms with Gasteiger partial charge in [0, 0.05) is 30.6 Å². The van der Waals surface area contributed by atoms with E-state index in [-0.39, 0.29) is 29.9 Å². The van der Waals surface area contributed by atoms with Crippen molar-refractivity contribution in [2.45, 2.75) is 52.5 Å². The average Bonchev–Trinajstić information content (AvgIpc) is 3.17. The first kappa shape index (κ1) is 24.2. The molecule has 1 saturated heterocycles. The van der Waals surface area contributed by atoms with Crippen LogP contribution in [-0.2, 0) is 16.1 Å². The van der Waals surface area contributed by atoms with Crippen LogP contribution in [0.5, 0.6) is 5.75 Å². The molecule has 32 heavy (non-hydrogen) atoms. The van der Waals surface area contributed by atoms with Gasteiger partial charge in [-0.2, -0.15) is 0 Å². The number of anilines is 1. The number of carbonyl (C=O) groups is 2. The molecule has 0 bridgehead atoms. The zero-order chi connectivity index (χ0) is 23.3. The standard InChI is InChI=1S/C23H32N4O4S/c1-14(2)20(25-21(28)17-6-8-19(30-5)9-7-17)22(29)26-23-24-18(13-32-23)12-27-10-15(3)31-16(4)11-27/h6-9,13-16,20H,10-12H2,1-5H3,(H,25,28)(H,24,26,29)/t15-,16-,20-/m0/s1. The maximum atomic E-state index is 12.9. The van der Waals surface area contributed by atoms with Crippen LogP contribution in [0.15, 0.2) is 29.6 Å². The van der Waals surface area contributed by atoms with E-state index < -0.39 is 6.04 Å². The quantitative estimate of drug-likeness (QED) is 0.629. The number of thiazole rings is 1. The second kappa shape index (κ2) is 10.9. The summed E-state index contributed by atoms with van der Waals surface area (Å²) >= 11 is 1.39. The Morgan fingerprint density at radius 1 is 1.22 bits per heavy atom. The van der Waals surface area contributed by atoms with E-state index in [0.717, 1.165) is 18.8 Å². The predicted molar refractivity (Wildman–Crippen MR) is 125 cm³/mol. The Balaban J connectivity index is 1.59. The first-order chi connectivity index (χ1) is 15.2. The molecule has 174 valence electrons. The molecule has 1 aliphatic rings. The maximum absolute atomic E-state index is 12.9. The number of rotatable bonds is 8. The minimum absolute atomic E-state index is 0.0899. The summed E-state index contributed by atoms with van der Waals surface area (Å²) in [6, 6.07) is 6.09. The number of morpholine rings is 1. The van der Waals surface area contributed by atoms with Crippen LogP contribution in [0, 0.1) is 5.92 Å². The van der Waals surface area contributed by atoms with Crippen molar-refractivity contribution in [2.24, 2.45) is 5.92 Å². The average molecular weight is 461 g/mol. The van der Waals surface area contributed by atoms with E-state index in [2.05, 4.69) is 34.4 Å². The van der Waals surface area contributed by atoms with Crippen molar-refractivity contribution in [3.63, 3.8) is 0 Å². The van der Waals surface area contributed by atoms with Crippen LogP contribution in [0.3, 0.4) is 0 Å². The molecular weight excluding hydrogens is 428 g/mol. The third-order valence-corrected chi connectivity index (χ3v) is 6.06. The van der Waals surface area contributed by atoms with E-state index in [1.165, 1.54) is 11.3 Å². The number of aromatic nitrogens is 1. The van der Waals surface area contributed by atoms with Crippen molar-refractivity contribution in [1.29, 1.82) is 0 Å². The van der Waals surface area contributed by atoms with E-state index in [4.69, 9.17) is 9.47 Å². The van der Waals surface area contributed by atoms with Crippen molar-refractivity contribution < 1.29 is 19.1 Å². The van der Waals surface area contributed by atoms with Gasteiger partial charge in [-0.3, -0.25) is 14.5 Å². The molecule has 0 saturated carbocycles. The number of nitrogens with one attached hydrogen (secondary N) is 2. The van der Waals surface area contributed by atoms with Crippen molar-refractivity contribution in [3.8, 4) is 5.75 Å². The molecule has 2 heterocycles. The van der Waals surface area contributed by atoms with E-state index in [1.807, 2.05) is 19.2 Å². The van der Waals surface area contributed by atoms with Gasteiger partial charge >= 0.3 is 0 Å². The third kappa shape index (κ3) is 6.51. The van der Waals surface area contributed by atoms with Gasteiger partial charge in [0.05, 0.1) is 25.0 Å². The Labute approximate surface area is 193 Å². The number of benzene rings is 1. The van der Waals surface area contributed by atoms with Gasteiger partial charge in [-0.1, -0.05) is 13.8 Å². The van der Waals surface area contributed by atoms with E-state index >= 15 is 0 Å². The zero-order valence-electron chi connectivity index (χ0n) is 19.3. The smallest absolute Gasteiger partial charge is 0.251 e. The molecule has 0 spiro atoms. The summed E-state index contributed by atoms with van der Waals surface area (Å²) in [5, 5.41) is 8.19. The number of ether oxygens (including phenoxy) is 2. The third-order valence-electron chi connectivity index (χ3n) is 5.25. The van der Waals surface area contributed by atoms with Crippen molar-refractivity contribution in [1.82, 2.24) is 15.2 Å². The van der Waals surface area contributed by atoms with Gasteiger partial charge in [-0.25, -0.2) is 4.98 Å². The SMILES string of the molecule is COc1ccc(C(=O)N[C@H](C(=O)Nc2nc(CN3C[C@H](C)O[C@@H](C)C3)cs2)C(C)C)cc1. The molecule has 0 unspecified atom stereocenters. The number of carbonyl (C=O) groups excluding carboxylic acids is 2. The topological polar surface area (TPSA) is 92.8 Å². The molecule has 1 aromatic carbocycles. The molecule has 8 nitrogen and oxygen atoms in total. The molecule has 1 aromatic heterocycles. The summed E-state index contributed by atoms with van der Waals surface area (Å²) in [7, 11) is 1.57. The number of hydrogen-bond donors (Lipinski definition) is 2. The molecule has 0 aliphatic carbocycles. The van der Waals surface area contributed by atoms with Gasteiger partial charge in [0.2, 0.25) is 5.91 Å². The van der Waals surface area contributed by atoms with Gasteiger partial charge in [0.15, 0.2) is 5.13 Å². The van der Waals surface area contributed by atoms with Gasteiger partial charge in [0.1, 0.15) is 11.8 Å². The van der Waals surface area contributed by atoms with Gasteiger partial charge < -0.3 is 20.1 Å². The molecule has 9 heteroatoms. The van der Waals surface area contributed by atoms with Crippen LogP contribution in [0.4, 0.5) is 5.13 Å². The van der Waals surface area contributed by atoms with Crippen LogP contribution in [0.25, 0.3) is 0 Å². The van der Waals surface area contributed by atoms with Crippen LogP contribution in [0.1, 0.15) is 43.7 Å². The molecule has 1 aliphatic heterocycles. The Hall–Kier alpha value is -2.49. The largest absolute Gasteiger partial charge is 0.497 e. The van der Waals surface area contributed by atoms with Gasteiger partial charge in [0.25, 0.3) is 5.91 Å². The van der Waals surface area contributed by atoms with Crippen molar-refractivity contribution >= 4 is 28.3 Å². The molecule has 2 amide bonds. The lowest BCUT2D eigenvalue weighted by atomic mass is 10.0. The van der Waals surface area contributed by atoms with Crippen molar-refractivity contribution in [3.05, 3.63) is 40.9 Å². The number of methoxy groups -OCH3 is 1. The summed E-state index contributed by atoms with van der Waals surface area (Å²) in [4.78, 5) is 32.4. The number of hydrogen-bond acceptors (Lipinski definition) is 7. The fourth-order valence-electron chi connectivity index (χ4n) is 3.76. The van der Waals surface area contributed by atoms with E-state index in [1.54, 1.807) is 31.4 Å². The van der Waals surface area contributed by atoms with Crippen LogP contribution in [0.2, 0.25) is 0 Å². The summed E-state index contributed by atoms with van der Waals surface area (Å²) in [6.45, 7) is 10.4. The highest BCUT2D eigenvalue weighted by molar-refractivity contribution is 7.13. The summed E-state index contributed by atoms with van der Waals surface area (Å²) in [5.41, 5.74) is 1.38. The Kier molecular flexibility index (Phi) is 8.22. The van der Waals surface area contributed by atoms with Gasteiger partial charge in [-0.15, -0.1) is 11.3 Å². The summed E-state index contributed by atoms with van der Waals surface area (Å²) < 4.78 is 10.9. The second-order valence-corrected chi connectivity index (χ2v) is 9.37. The van der Waals surface area contributed by atoms with Crippen LogP contribution >= 0.6 is 11.3 Å². The molecule has 3 atom stereocenters. The monoisotopic (exact) mass is 460 g/mol. The zero-order valence-corrected chi connectivity index (χ0v) is 20.1. The lowest BCUT2D eigenvalue weighted by Crippen LogP contribution is -2.47. The van der Waals surface area contributed by atoms with Crippen LogP contribution in [-0.4, -0.2) is 60.1 Å². The van der Waals surface area contributed by atoms with Crippen LogP contribution < -0.4 is 15.4 Å². The number of nitrogens with zero attached hydrogens (tertiary/aromatic N) is 2. The molecule has 1 fully saturated rings. The fourth-order valence-corrected chi connectivity index (χ4v) is 4.47. The normalized spacial score (nSPS) is 20.1. The maximum Gasteiger partial charge on any atom is 0.251 e. The van der Waals surface area contributed by atoms with E-state index in [9.17, 15) is 9.59 Å². The minimum atomic E-state index is -0.683. The first-order valence-electron chi connectivity index (χ1n) is 10.8. The molecule has 0 radical (unpaired) electrons. The Morgan fingerprint density at radius 3 is 2.47 bits per heavy atom. The minimum Gasteiger partial charge on any atom is -0.497 e. The highest BCUT2D eigenvalue weighted by Gasteiger charge is 2.26. The Bertz CT molecular complexity index is 905. The molecule has 2 N–H and O–H groups in total. The van der Waals surface area contributed by atoms with Gasteiger partial charge in [-0.05, 0) is 44.0 Å². The van der Waals surface area contributed by atoms with E-state index in [0.29, 0.717) is 23.0 Å². The highest BCUT2D eigenvalue weighted by atomic mass is 32.1. The van der Waals surface area contributed by atoms with Crippen molar-refractivity contribution in [2.75, 3.05) is 25.5 Å². The molecular formula is C23H32N4O4S. The Morgan fingerprint density at radius 2 is 1.88 bits per heavy atom. The summed E-state index contributed by atoms with van der Waals surface area (Å²) in [6.07, 6.45) is 0.385. The first-order valence-corrected chi connectivity index (χ1v) is 11.7.